The van der Waals surface area contributed by atoms with Gasteiger partial charge in [-0.3, -0.25) is 19.9 Å². The second kappa shape index (κ2) is 14.6. The molecule has 0 saturated heterocycles. The number of nitrogens with zero attached hydrogens (tertiary/aromatic N) is 4. The first-order chi connectivity index (χ1) is 21.5. The fourth-order valence-electron chi connectivity index (χ4n) is 5.02. The molecule has 4 aromatic carbocycles. The van der Waals surface area contributed by atoms with Crippen LogP contribution < -0.4 is 0 Å². The molecule has 0 atom stereocenters. The summed E-state index contributed by atoms with van der Waals surface area (Å²) in [6, 6.07) is 37.2. The van der Waals surface area contributed by atoms with Crippen molar-refractivity contribution in [3.63, 3.8) is 0 Å². The Labute approximate surface area is 259 Å². The zero-order valence-corrected chi connectivity index (χ0v) is 25.6. The van der Waals surface area contributed by atoms with Crippen molar-refractivity contribution in [3.05, 3.63) is 169 Å². The maximum absolute atomic E-state index is 4.21. The van der Waals surface area contributed by atoms with E-state index in [2.05, 4.69) is 101 Å². The fraction of sp³-hybridized carbons (Fsp3) is 0.100. The molecule has 0 amide bonds. The molecule has 0 fully saturated rings. The van der Waals surface area contributed by atoms with E-state index < -0.39 is 0 Å². The molecular formula is C40H36N4. The molecule has 8 rings (SSSR count). The van der Waals surface area contributed by atoms with Crippen LogP contribution in [0.4, 0.5) is 0 Å². The Hall–Kier alpha value is -5.48. The van der Waals surface area contributed by atoms with Gasteiger partial charge >= 0.3 is 0 Å². The van der Waals surface area contributed by atoms with Crippen LogP contribution in [0.2, 0.25) is 0 Å². The van der Waals surface area contributed by atoms with Crippen molar-refractivity contribution < 1.29 is 0 Å². The van der Waals surface area contributed by atoms with Crippen molar-refractivity contribution in [2.75, 3.05) is 0 Å². The molecule has 0 aliphatic carbocycles. The van der Waals surface area contributed by atoms with Crippen LogP contribution in [-0.2, 0) is 0 Å². The minimum absolute atomic E-state index is 1.07. The van der Waals surface area contributed by atoms with E-state index in [9.17, 15) is 0 Å². The van der Waals surface area contributed by atoms with Gasteiger partial charge in [0.1, 0.15) is 0 Å². The summed E-state index contributed by atoms with van der Waals surface area (Å²) in [5, 5.41) is 10.00. The minimum atomic E-state index is 1.07. The highest BCUT2D eigenvalue weighted by Gasteiger charge is 1.95. The highest BCUT2D eigenvalue weighted by molar-refractivity contribution is 5.85. The van der Waals surface area contributed by atoms with Crippen molar-refractivity contribution in [1.29, 1.82) is 0 Å². The third kappa shape index (κ3) is 7.67. The molecular weight excluding hydrogens is 536 g/mol. The van der Waals surface area contributed by atoms with E-state index in [0.717, 1.165) is 11.4 Å². The van der Waals surface area contributed by atoms with E-state index in [1.54, 1.807) is 0 Å². The van der Waals surface area contributed by atoms with Crippen LogP contribution in [0.1, 0.15) is 22.5 Å². The number of hydrogen-bond donors (Lipinski definition) is 0. The number of fused-ring (bicyclic) bond motifs is 4. The van der Waals surface area contributed by atoms with Crippen molar-refractivity contribution in [2.24, 2.45) is 0 Å². The lowest BCUT2D eigenvalue weighted by atomic mass is 10.1. The molecule has 0 unspecified atom stereocenters. The van der Waals surface area contributed by atoms with Gasteiger partial charge in [-0.1, -0.05) is 91.0 Å². The molecule has 4 heterocycles. The van der Waals surface area contributed by atoms with Crippen LogP contribution in [0.5, 0.6) is 0 Å². The van der Waals surface area contributed by atoms with Gasteiger partial charge < -0.3 is 0 Å². The molecule has 0 spiro atoms. The van der Waals surface area contributed by atoms with Crippen LogP contribution in [0.3, 0.4) is 0 Å². The summed E-state index contributed by atoms with van der Waals surface area (Å²) >= 11 is 0. The van der Waals surface area contributed by atoms with Crippen LogP contribution in [0.25, 0.3) is 43.1 Å². The van der Waals surface area contributed by atoms with Gasteiger partial charge in [0.05, 0.1) is 0 Å². The molecule has 4 nitrogen and oxygen atoms in total. The standard InChI is InChI=1S/4C10H9N/c1-8-3-2-4-9-7-11-6-5-10(8)9;1-8-6-11-7-9-4-2-3-5-10(8)9;1-8-6-9-4-2-3-5-10(9)7-11-8;1-8-10-5-3-2-4-9(10)6-7-11-8/h4*2-7H,1H3. The summed E-state index contributed by atoms with van der Waals surface area (Å²) < 4.78 is 0. The summed E-state index contributed by atoms with van der Waals surface area (Å²) in [5.41, 5.74) is 4.72. The number of aromatic nitrogens is 4. The van der Waals surface area contributed by atoms with Crippen molar-refractivity contribution in [3.8, 4) is 0 Å². The van der Waals surface area contributed by atoms with Crippen molar-refractivity contribution in [1.82, 2.24) is 19.9 Å². The minimum Gasteiger partial charge on any atom is -0.264 e. The number of pyridine rings is 4. The van der Waals surface area contributed by atoms with E-state index in [0.29, 0.717) is 0 Å². The van der Waals surface area contributed by atoms with Gasteiger partial charge in [-0.2, -0.15) is 0 Å². The van der Waals surface area contributed by atoms with Gasteiger partial charge in [0.15, 0.2) is 0 Å². The van der Waals surface area contributed by atoms with Crippen molar-refractivity contribution >= 4 is 43.1 Å². The average molecular weight is 573 g/mol. The van der Waals surface area contributed by atoms with Gasteiger partial charge in [0.2, 0.25) is 0 Å². The highest BCUT2D eigenvalue weighted by Crippen LogP contribution is 2.17. The SMILES string of the molecule is Cc1cc2ccccc2cn1.Cc1cccc2cnccc12.Cc1cncc2ccccc12.Cc1nccc2ccccc12. The van der Waals surface area contributed by atoms with Crippen LogP contribution in [0, 0.1) is 27.7 Å². The third-order valence-electron chi connectivity index (χ3n) is 7.41. The summed E-state index contributed by atoms with van der Waals surface area (Å²) in [6.07, 6.45) is 11.3. The van der Waals surface area contributed by atoms with Gasteiger partial charge in [-0.05, 0) is 78.6 Å². The van der Waals surface area contributed by atoms with E-state index >= 15 is 0 Å². The molecule has 0 bridgehead atoms. The summed E-state index contributed by atoms with van der Waals surface area (Å²) in [4.78, 5) is 16.6. The zero-order valence-electron chi connectivity index (χ0n) is 25.6. The zero-order chi connectivity index (χ0) is 30.7. The van der Waals surface area contributed by atoms with E-state index in [4.69, 9.17) is 0 Å². The number of benzene rings is 4. The molecule has 44 heavy (non-hydrogen) atoms. The number of hydrogen-bond acceptors (Lipinski definition) is 4. The lowest BCUT2D eigenvalue weighted by Crippen LogP contribution is -1.80. The maximum atomic E-state index is 4.21. The monoisotopic (exact) mass is 572 g/mol. The smallest absolute Gasteiger partial charge is 0.0450 e. The lowest BCUT2D eigenvalue weighted by Gasteiger charge is -1.98. The predicted molar refractivity (Wildman–Crippen MR) is 186 cm³/mol. The largest absolute Gasteiger partial charge is 0.264 e. The van der Waals surface area contributed by atoms with Gasteiger partial charge in [0, 0.05) is 70.1 Å². The molecule has 4 aromatic heterocycles. The first-order valence-electron chi connectivity index (χ1n) is 14.7. The molecule has 4 heteroatoms. The second-order valence-electron chi connectivity index (χ2n) is 10.6. The van der Waals surface area contributed by atoms with Crippen LogP contribution >= 0.6 is 0 Å². The quantitative estimate of drug-likeness (QED) is 0.181. The topological polar surface area (TPSA) is 51.6 Å². The van der Waals surface area contributed by atoms with Gasteiger partial charge in [-0.25, -0.2) is 0 Å². The van der Waals surface area contributed by atoms with Crippen molar-refractivity contribution in [2.45, 2.75) is 27.7 Å². The van der Waals surface area contributed by atoms with Crippen LogP contribution in [0.15, 0.2) is 146 Å². The van der Waals surface area contributed by atoms with Gasteiger partial charge in [-0.15, -0.1) is 0 Å². The molecule has 216 valence electrons. The number of aryl methyl sites for hydroxylation is 4. The molecule has 0 aliphatic rings. The van der Waals surface area contributed by atoms with E-state index in [1.807, 2.05) is 93.5 Å². The Balaban J connectivity index is 0.000000116. The summed E-state index contributed by atoms with van der Waals surface area (Å²) in [5.74, 6) is 0. The molecule has 0 saturated carbocycles. The Morgan fingerprint density at radius 3 is 1.75 bits per heavy atom. The Morgan fingerprint density at radius 1 is 0.386 bits per heavy atom. The predicted octanol–water partition coefficient (Wildman–Crippen LogP) is 10.2. The fourth-order valence-corrected chi connectivity index (χ4v) is 5.02. The molecule has 8 aromatic rings. The molecule has 0 aliphatic heterocycles. The maximum Gasteiger partial charge on any atom is 0.0450 e. The Morgan fingerprint density at radius 2 is 1.00 bits per heavy atom. The first kappa shape index (κ1) is 30.0. The summed E-state index contributed by atoms with van der Waals surface area (Å²) in [7, 11) is 0. The van der Waals surface area contributed by atoms with E-state index in [1.165, 1.54) is 54.2 Å². The molecule has 0 N–H and O–H groups in total. The highest BCUT2D eigenvalue weighted by atomic mass is 14.7. The van der Waals surface area contributed by atoms with Gasteiger partial charge in [0.25, 0.3) is 0 Å². The first-order valence-corrected chi connectivity index (χ1v) is 14.7. The third-order valence-corrected chi connectivity index (χ3v) is 7.41. The number of rotatable bonds is 0. The normalized spacial score (nSPS) is 10.3. The lowest BCUT2D eigenvalue weighted by molar-refractivity contribution is 1.22. The molecule has 0 radical (unpaired) electrons. The van der Waals surface area contributed by atoms with E-state index in [-0.39, 0.29) is 0 Å². The average Bonchev–Trinajstić information content (AvgIpc) is 3.06. The Bertz CT molecular complexity index is 1930. The summed E-state index contributed by atoms with van der Waals surface area (Å²) in [6.45, 7) is 8.23. The van der Waals surface area contributed by atoms with Crippen LogP contribution in [-0.4, -0.2) is 19.9 Å². The second-order valence-corrected chi connectivity index (χ2v) is 10.6. The Kier molecular flexibility index (Phi) is 9.96.